The number of hydrogen-bond donors (Lipinski definition) is 1. The van der Waals surface area contributed by atoms with Crippen LogP contribution >= 0.6 is 0 Å². The number of H-pyrrole nitrogens is 1. The molecule has 1 aliphatic rings. The monoisotopic (exact) mass is 465 g/mol. The van der Waals surface area contributed by atoms with Gasteiger partial charge in [0, 0.05) is 17.3 Å². The highest BCUT2D eigenvalue weighted by molar-refractivity contribution is 6.53. The molecule has 0 saturated carbocycles. The molecular formula is C28H25N4O3+. The van der Waals surface area contributed by atoms with Crippen molar-refractivity contribution in [1.29, 1.82) is 0 Å². The van der Waals surface area contributed by atoms with Crippen LogP contribution in [0.2, 0.25) is 0 Å². The van der Waals surface area contributed by atoms with E-state index < -0.39 is 17.4 Å². The number of aromatic amines is 1. The van der Waals surface area contributed by atoms with Crippen molar-refractivity contribution in [3.05, 3.63) is 111 Å². The number of aryl methyl sites for hydroxylation is 4. The quantitative estimate of drug-likeness (QED) is 0.369. The van der Waals surface area contributed by atoms with Gasteiger partial charge >= 0.3 is 5.91 Å². The first kappa shape index (κ1) is 22.3. The first-order valence-electron chi connectivity index (χ1n) is 11.3. The van der Waals surface area contributed by atoms with Crippen molar-refractivity contribution in [3.8, 4) is 5.69 Å². The third-order valence-corrected chi connectivity index (χ3v) is 6.39. The Morgan fingerprint density at radius 1 is 0.743 bits per heavy atom. The second-order valence-electron chi connectivity index (χ2n) is 8.81. The van der Waals surface area contributed by atoms with E-state index in [-0.39, 0.29) is 16.8 Å². The number of carbonyl (C=O) groups excluding carboxylic acids is 2. The molecule has 0 unspecified atom stereocenters. The van der Waals surface area contributed by atoms with E-state index in [1.54, 1.807) is 42.0 Å². The van der Waals surface area contributed by atoms with Crippen LogP contribution in [-0.4, -0.2) is 21.6 Å². The summed E-state index contributed by atoms with van der Waals surface area (Å²) in [7, 11) is 0. The molecule has 0 aliphatic carbocycles. The highest BCUT2D eigenvalue weighted by atomic mass is 16.2. The standard InChI is InChI=1S/C28H24N4O3/c1-17-10-12-21(13-11-17)31-26(33)24(25(28(31)35)30-15-14-18(2)19(3)16-30)23-20(4)29-32(27(23)34)22-8-6-5-7-9-22/h5-16H,1-4H3/p+1. The van der Waals surface area contributed by atoms with Gasteiger partial charge < -0.3 is 0 Å². The van der Waals surface area contributed by atoms with Gasteiger partial charge in [0.1, 0.15) is 5.57 Å². The Bertz CT molecular complexity index is 1570. The van der Waals surface area contributed by atoms with Crippen LogP contribution in [0.1, 0.15) is 27.9 Å². The van der Waals surface area contributed by atoms with Crippen LogP contribution in [0, 0.1) is 27.7 Å². The number of amides is 2. The maximum absolute atomic E-state index is 13.9. The van der Waals surface area contributed by atoms with E-state index in [0.717, 1.165) is 21.6 Å². The molecule has 7 heteroatoms. The van der Waals surface area contributed by atoms with Gasteiger partial charge in [0.15, 0.2) is 12.4 Å². The summed E-state index contributed by atoms with van der Waals surface area (Å²) >= 11 is 0. The van der Waals surface area contributed by atoms with Crippen molar-refractivity contribution in [1.82, 2.24) is 9.78 Å². The topological polar surface area (TPSA) is 79.1 Å². The summed E-state index contributed by atoms with van der Waals surface area (Å²) < 4.78 is 3.04. The molecule has 5 rings (SSSR count). The molecule has 1 N–H and O–H groups in total. The summed E-state index contributed by atoms with van der Waals surface area (Å²) in [5, 5.41) is 3.07. The van der Waals surface area contributed by atoms with Gasteiger partial charge in [0.2, 0.25) is 0 Å². The molecule has 2 aromatic carbocycles. The van der Waals surface area contributed by atoms with Crippen molar-refractivity contribution in [2.24, 2.45) is 0 Å². The minimum absolute atomic E-state index is 0.0808. The highest BCUT2D eigenvalue weighted by Crippen LogP contribution is 2.33. The van der Waals surface area contributed by atoms with Crippen LogP contribution in [0.3, 0.4) is 0 Å². The maximum Gasteiger partial charge on any atom is 0.331 e. The first-order chi connectivity index (χ1) is 16.8. The zero-order chi connectivity index (χ0) is 24.9. The molecular weight excluding hydrogens is 440 g/mol. The number of hydrogen-bond acceptors (Lipinski definition) is 3. The number of para-hydroxylation sites is 1. The van der Waals surface area contributed by atoms with Gasteiger partial charge in [-0.25, -0.2) is 9.58 Å². The lowest BCUT2D eigenvalue weighted by Crippen LogP contribution is -2.40. The molecule has 0 spiro atoms. The van der Waals surface area contributed by atoms with Crippen LogP contribution in [0.4, 0.5) is 5.69 Å². The van der Waals surface area contributed by atoms with Crippen molar-refractivity contribution in [2.75, 3.05) is 4.90 Å². The summed E-state index contributed by atoms with van der Waals surface area (Å²) in [5.74, 6) is -1.01. The second-order valence-corrected chi connectivity index (χ2v) is 8.81. The first-order valence-corrected chi connectivity index (χ1v) is 11.3. The summed E-state index contributed by atoms with van der Waals surface area (Å²) in [6.07, 6.45) is 3.56. The summed E-state index contributed by atoms with van der Waals surface area (Å²) in [4.78, 5) is 42.4. The largest absolute Gasteiger partial charge is 0.331 e. The molecule has 2 amide bonds. The normalized spacial score (nSPS) is 13.8. The molecule has 4 aromatic rings. The highest BCUT2D eigenvalue weighted by Gasteiger charge is 2.48. The molecule has 0 fully saturated rings. The van der Waals surface area contributed by atoms with Gasteiger partial charge in [0.05, 0.1) is 16.9 Å². The lowest BCUT2D eigenvalue weighted by Gasteiger charge is -2.14. The smallest absolute Gasteiger partial charge is 0.295 e. The molecule has 0 atom stereocenters. The van der Waals surface area contributed by atoms with E-state index in [4.69, 9.17) is 0 Å². The number of nitrogens with zero attached hydrogens (tertiary/aromatic N) is 3. The molecule has 1 aliphatic heterocycles. The number of benzene rings is 2. The Kier molecular flexibility index (Phi) is 5.32. The number of aromatic nitrogens is 3. The summed E-state index contributed by atoms with van der Waals surface area (Å²) in [6.45, 7) is 7.59. The lowest BCUT2D eigenvalue weighted by atomic mass is 10.0. The summed E-state index contributed by atoms with van der Waals surface area (Å²) in [5.41, 5.74) is 4.65. The van der Waals surface area contributed by atoms with Crippen molar-refractivity contribution < 1.29 is 14.2 Å². The van der Waals surface area contributed by atoms with Crippen LogP contribution in [0.15, 0.2) is 77.9 Å². The average molecular weight is 466 g/mol. The van der Waals surface area contributed by atoms with E-state index in [2.05, 4.69) is 5.10 Å². The van der Waals surface area contributed by atoms with E-state index in [0.29, 0.717) is 17.1 Å². The second kappa shape index (κ2) is 8.36. The van der Waals surface area contributed by atoms with Crippen molar-refractivity contribution in [3.63, 3.8) is 0 Å². The molecule has 0 radical (unpaired) electrons. The molecule has 35 heavy (non-hydrogen) atoms. The maximum atomic E-state index is 13.9. The average Bonchev–Trinajstić information content (AvgIpc) is 3.28. The van der Waals surface area contributed by atoms with E-state index >= 15 is 0 Å². The third-order valence-electron chi connectivity index (χ3n) is 6.39. The number of nitrogens with one attached hydrogen (secondary N) is 1. The molecule has 7 nitrogen and oxygen atoms in total. The number of pyridine rings is 1. The van der Waals surface area contributed by atoms with Crippen LogP contribution in [0.5, 0.6) is 0 Å². The van der Waals surface area contributed by atoms with Gasteiger partial charge in [-0.2, -0.15) is 4.57 Å². The zero-order valence-corrected chi connectivity index (χ0v) is 20.0. The van der Waals surface area contributed by atoms with Gasteiger partial charge in [0.25, 0.3) is 17.2 Å². The fourth-order valence-corrected chi connectivity index (χ4v) is 4.33. The zero-order valence-electron chi connectivity index (χ0n) is 20.0. The van der Waals surface area contributed by atoms with E-state index in [1.807, 2.05) is 63.4 Å². The predicted molar refractivity (Wildman–Crippen MR) is 134 cm³/mol. The van der Waals surface area contributed by atoms with Crippen LogP contribution in [-0.2, 0) is 9.59 Å². The number of rotatable bonds is 4. The fraction of sp³-hybridized carbons (Fsp3) is 0.143. The molecule has 174 valence electrons. The van der Waals surface area contributed by atoms with Crippen LogP contribution < -0.4 is 15.0 Å². The van der Waals surface area contributed by atoms with Gasteiger partial charge in [-0.3, -0.25) is 19.5 Å². The minimum atomic E-state index is -0.529. The fourth-order valence-electron chi connectivity index (χ4n) is 4.33. The summed E-state index contributed by atoms with van der Waals surface area (Å²) in [6, 6.07) is 18.2. The van der Waals surface area contributed by atoms with Crippen LogP contribution in [0.25, 0.3) is 17.0 Å². The number of anilines is 1. The number of imide groups is 1. The molecule has 2 aromatic heterocycles. The Hall–Kier alpha value is -4.52. The predicted octanol–water partition coefficient (Wildman–Crippen LogP) is 3.63. The van der Waals surface area contributed by atoms with E-state index in [1.165, 1.54) is 4.68 Å². The van der Waals surface area contributed by atoms with Gasteiger partial charge in [-0.05, 0) is 57.5 Å². The number of carbonyl (C=O) groups is 2. The molecule has 0 saturated heterocycles. The Morgan fingerprint density at radius 3 is 2.09 bits per heavy atom. The Labute approximate surface area is 202 Å². The van der Waals surface area contributed by atoms with E-state index in [9.17, 15) is 14.4 Å². The molecule has 3 heterocycles. The van der Waals surface area contributed by atoms with Crippen molar-refractivity contribution >= 4 is 28.8 Å². The lowest BCUT2D eigenvalue weighted by molar-refractivity contribution is -0.577. The molecule has 0 bridgehead atoms. The Morgan fingerprint density at radius 2 is 1.43 bits per heavy atom. The Balaban J connectivity index is 1.77. The third kappa shape index (κ3) is 3.61. The minimum Gasteiger partial charge on any atom is -0.295 e. The van der Waals surface area contributed by atoms with Gasteiger partial charge in [-0.15, -0.1) is 0 Å². The van der Waals surface area contributed by atoms with Crippen molar-refractivity contribution in [2.45, 2.75) is 27.7 Å². The van der Waals surface area contributed by atoms with Gasteiger partial charge in [-0.1, -0.05) is 35.9 Å². The SMILES string of the molecule is Cc1ccc(N2C(=O)C(c3c(C)[nH]n(-c4ccccc4)c3=O)=C([n+]3ccc(C)c(C)c3)C2=O)cc1.